The highest BCUT2D eigenvalue weighted by molar-refractivity contribution is 5.94. The Balaban J connectivity index is 1.37. The second-order valence-electron chi connectivity index (χ2n) is 7.19. The molecule has 3 N–H and O–H groups in total. The molecule has 0 radical (unpaired) electrons. The molecule has 132 valence electrons. The number of nitrogens with two attached hydrogens (primary N) is 1. The molecule has 5 heteroatoms. The third-order valence-corrected chi connectivity index (χ3v) is 5.54. The van der Waals surface area contributed by atoms with Crippen LogP contribution in [0.2, 0.25) is 0 Å². The van der Waals surface area contributed by atoms with Gasteiger partial charge in [0.25, 0.3) is 5.91 Å². The van der Waals surface area contributed by atoms with Crippen LogP contribution >= 0.6 is 0 Å². The molecule has 2 aliphatic heterocycles. The van der Waals surface area contributed by atoms with E-state index in [1.165, 1.54) is 24.7 Å². The average Bonchev–Trinajstić information content (AvgIpc) is 3.19. The van der Waals surface area contributed by atoms with E-state index in [0.717, 1.165) is 19.4 Å². The lowest BCUT2D eigenvalue weighted by Crippen LogP contribution is -2.49. The van der Waals surface area contributed by atoms with Gasteiger partial charge in [-0.3, -0.25) is 9.69 Å². The smallest absolute Gasteiger partial charge is 0.254 e. The number of furan rings is 1. The van der Waals surface area contributed by atoms with Crippen molar-refractivity contribution < 1.29 is 9.21 Å². The Kier molecular flexibility index (Phi) is 4.59. The number of amides is 1. The highest BCUT2D eigenvalue weighted by Gasteiger charge is 2.40. The van der Waals surface area contributed by atoms with Crippen molar-refractivity contribution in [1.82, 2.24) is 10.2 Å². The quantitative estimate of drug-likeness (QED) is 0.878. The number of piperidine rings is 1. The van der Waals surface area contributed by atoms with Crippen LogP contribution in [0.15, 0.2) is 47.1 Å². The number of hydrogen-bond donors (Lipinski definition) is 2. The Hall–Kier alpha value is -2.11. The maximum Gasteiger partial charge on any atom is 0.254 e. The van der Waals surface area contributed by atoms with Gasteiger partial charge in [0.1, 0.15) is 12.0 Å². The fourth-order valence-corrected chi connectivity index (χ4v) is 4.32. The highest BCUT2D eigenvalue weighted by atomic mass is 16.3. The van der Waals surface area contributed by atoms with Crippen LogP contribution in [0, 0.1) is 0 Å². The maximum absolute atomic E-state index is 12.4. The molecule has 0 spiro atoms. The summed E-state index contributed by atoms with van der Waals surface area (Å²) in [7, 11) is 0. The predicted molar refractivity (Wildman–Crippen MR) is 95.9 cm³/mol. The molecule has 2 atom stereocenters. The summed E-state index contributed by atoms with van der Waals surface area (Å²) in [5.74, 6) is 0.590. The molecule has 1 aromatic carbocycles. The molecule has 2 fully saturated rings. The minimum atomic E-state index is -0.0515. The molecule has 2 unspecified atom stereocenters. The molecule has 0 aliphatic carbocycles. The molecule has 5 nitrogen and oxygen atoms in total. The number of benzene rings is 1. The standard InChI is InChI=1S/C20H25N3O2/c21-11-19-8-15(13-25-19)20(24)22-16-9-17-6-7-18(10-16)23(17)12-14-4-2-1-3-5-14/h1-5,8,13,16-18H,6-7,9-12,21H2,(H,22,24). The Morgan fingerprint density at radius 1 is 1.20 bits per heavy atom. The molecular formula is C20H25N3O2. The number of fused-ring (bicyclic) bond motifs is 2. The summed E-state index contributed by atoms with van der Waals surface area (Å²) in [6, 6.07) is 13.8. The molecule has 2 aliphatic rings. The Bertz CT molecular complexity index is 714. The summed E-state index contributed by atoms with van der Waals surface area (Å²) in [5.41, 5.74) is 7.48. The summed E-state index contributed by atoms with van der Waals surface area (Å²) in [6.45, 7) is 1.33. The van der Waals surface area contributed by atoms with Crippen molar-refractivity contribution in [2.75, 3.05) is 0 Å². The number of carbonyl (C=O) groups is 1. The van der Waals surface area contributed by atoms with Crippen LogP contribution in [-0.4, -0.2) is 28.9 Å². The Labute approximate surface area is 148 Å². The zero-order valence-electron chi connectivity index (χ0n) is 14.4. The van der Waals surface area contributed by atoms with Gasteiger partial charge in [-0.05, 0) is 37.3 Å². The van der Waals surface area contributed by atoms with E-state index in [0.29, 0.717) is 30.0 Å². The van der Waals surface area contributed by atoms with Crippen LogP contribution in [-0.2, 0) is 13.1 Å². The summed E-state index contributed by atoms with van der Waals surface area (Å²) in [6.07, 6.45) is 6.00. The number of hydrogen-bond acceptors (Lipinski definition) is 4. The van der Waals surface area contributed by atoms with Gasteiger partial charge in [-0.2, -0.15) is 0 Å². The molecule has 4 rings (SSSR count). The van der Waals surface area contributed by atoms with Crippen LogP contribution in [0.3, 0.4) is 0 Å². The lowest BCUT2D eigenvalue weighted by atomic mass is 9.96. The van der Waals surface area contributed by atoms with E-state index < -0.39 is 0 Å². The summed E-state index contributed by atoms with van der Waals surface area (Å²) in [5, 5.41) is 3.19. The SMILES string of the molecule is NCc1cc(C(=O)NC2CC3CCC(C2)N3Cc2ccccc2)co1. The topological polar surface area (TPSA) is 71.5 Å². The van der Waals surface area contributed by atoms with Crippen LogP contribution in [0.4, 0.5) is 0 Å². The van der Waals surface area contributed by atoms with Gasteiger partial charge in [-0.1, -0.05) is 30.3 Å². The first-order valence-corrected chi connectivity index (χ1v) is 9.11. The molecule has 25 heavy (non-hydrogen) atoms. The number of nitrogens with zero attached hydrogens (tertiary/aromatic N) is 1. The molecule has 1 amide bonds. The van der Waals surface area contributed by atoms with Gasteiger partial charge < -0.3 is 15.5 Å². The van der Waals surface area contributed by atoms with Gasteiger partial charge in [0.2, 0.25) is 0 Å². The van der Waals surface area contributed by atoms with Crippen molar-refractivity contribution in [3.63, 3.8) is 0 Å². The molecule has 1 aromatic heterocycles. The monoisotopic (exact) mass is 339 g/mol. The van der Waals surface area contributed by atoms with Crippen molar-refractivity contribution in [2.45, 2.75) is 56.9 Å². The minimum absolute atomic E-state index is 0.0515. The van der Waals surface area contributed by atoms with E-state index in [1.54, 1.807) is 6.07 Å². The fraction of sp³-hybridized carbons (Fsp3) is 0.450. The number of rotatable bonds is 5. The minimum Gasteiger partial charge on any atom is -0.467 e. The fourth-order valence-electron chi connectivity index (χ4n) is 4.32. The molecule has 0 saturated carbocycles. The third kappa shape index (κ3) is 3.48. The van der Waals surface area contributed by atoms with Crippen molar-refractivity contribution in [3.8, 4) is 0 Å². The van der Waals surface area contributed by atoms with E-state index in [2.05, 4.69) is 40.5 Å². The lowest BCUT2D eigenvalue weighted by molar-refractivity contribution is 0.0827. The van der Waals surface area contributed by atoms with Gasteiger partial charge in [-0.25, -0.2) is 0 Å². The first-order chi connectivity index (χ1) is 12.2. The van der Waals surface area contributed by atoms with Gasteiger partial charge in [-0.15, -0.1) is 0 Å². The summed E-state index contributed by atoms with van der Waals surface area (Å²) < 4.78 is 5.27. The van der Waals surface area contributed by atoms with Crippen molar-refractivity contribution in [1.29, 1.82) is 0 Å². The summed E-state index contributed by atoms with van der Waals surface area (Å²) in [4.78, 5) is 15.1. The van der Waals surface area contributed by atoms with Crippen LogP contribution in [0.25, 0.3) is 0 Å². The van der Waals surface area contributed by atoms with Gasteiger partial charge in [0.05, 0.1) is 12.1 Å². The van der Waals surface area contributed by atoms with Crippen LogP contribution in [0.1, 0.15) is 47.4 Å². The third-order valence-electron chi connectivity index (χ3n) is 5.54. The first kappa shape index (κ1) is 16.4. The number of carbonyl (C=O) groups excluding carboxylic acids is 1. The first-order valence-electron chi connectivity index (χ1n) is 9.11. The van der Waals surface area contributed by atoms with Crippen LogP contribution < -0.4 is 11.1 Å². The van der Waals surface area contributed by atoms with Gasteiger partial charge in [0, 0.05) is 24.7 Å². The molecule has 2 bridgehead atoms. The predicted octanol–water partition coefficient (Wildman–Crippen LogP) is 2.66. The Morgan fingerprint density at radius 3 is 2.56 bits per heavy atom. The maximum atomic E-state index is 12.4. The normalized spacial score (nSPS) is 25.9. The van der Waals surface area contributed by atoms with E-state index in [-0.39, 0.29) is 11.9 Å². The highest BCUT2D eigenvalue weighted by Crippen LogP contribution is 2.36. The van der Waals surface area contributed by atoms with E-state index in [9.17, 15) is 4.79 Å². The van der Waals surface area contributed by atoms with E-state index >= 15 is 0 Å². The van der Waals surface area contributed by atoms with E-state index in [1.807, 2.05) is 0 Å². The van der Waals surface area contributed by atoms with Crippen molar-refractivity contribution in [2.24, 2.45) is 5.73 Å². The van der Waals surface area contributed by atoms with E-state index in [4.69, 9.17) is 10.2 Å². The zero-order valence-corrected chi connectivity index (χ0v) is 14.4. The number of nitrogens with one attached hydrogen (secondary N) is 1. The van der Waals surface area contributed by atoms with Gasteiger partial charge >= 0.3 is 0 Å². The largest absolute Gasteiger partial charge is 0.467 e. The molecule has 2 aromatic rings. The summed E-state index contributed by atoms with van der Waals surface area (Å²) >= 11 is 0. The molecule has 3 heterocycles. The van der Waals surface area contributed by atoms with Gasteiger partial charge in [0.15, 0.2) is 0 Å². The lowest BCUT2D eigenvalue weighted by Gasteiger charge is -2.39. The van der Waals surface area contributed by atoms with Crippen molar-refractivity contribution in [3.05, 3.63) is 59.5 Å². The van der Waals surface area contributed by atoms with Crippen molar-refractivity contribution >= 4 is 5.91 Å². The second kappa shape index (κ2) is 7.02. The second-order valence-corrected chi connectivity index (χ2v) is 7.19. The average molecular weight is 339 g/mol. The Morgan fingerprint density at radius 2 is 1.92 bits per heavy atom. The molecular weight excluding hydrogens is 314 g/mol. The zero-order chi connectivity index (χ0) is 17.2. The molecule has 2 saturated heterocycles. The van der Waals surface area contributed by atoms with Crippen LogP contribution in [0.5, 0.6) is 0 Å².